The molecule has 2 aromatic carbocycles. The molecule has 0 saturated carbocycles. The molecular weight excluding hydrogens is 349 g/mol. The summed E-state index contributed by atoms with van der Waals surface area (Å²) >= 11 is 9.26. The lowest BCUT2D eigenvalue weighted by Gasteiger charge is -2.10. The first kappa shape index (κ1) is 14.8. The fourth-order valence-corrected chi connectivity index (χ4v) is 2.33. The van der Waals surface area contributed by atoms with Gasteiger partial charge in [-0.15, -0.1) is 0 Å². The van der Waals surface area contributed by atoms with Gasteiger partial charge in [0.25, 0.3) is 0 Å². The van der Waals surface area contributed by atoms with Crippen molar-refractivity contribution >= 4 is 33.7 Å². The molecule has 0 aliphatic rings. The van der Waals surface area contributed by atoms with Crippen LogP contribution >= 0.6 is 27.5 Å². The molecule has 0 aliphatic carbocycles. The monoisotopic (exact) mass is 357 g/mol. The minimum Gasteiger partial charge on any atom is -0.488 e. The van der Waals surface area contributed by atoms with Gasteiger partial charge in [0.1, 0.15) is 18.2 Å². The van der Waals surface area contributed by atoms with Crippen LogP contribution < -0.4 is 4.74 Å². The third-order valence-corrected chi connectivity index (χ3v) is 3.57. The molecule has 0 heterocycles. The van der Waals surface area contributed by atoms with Gasteiger partial charge in [-0.1, -0.05) is 22.8 Å². The molecule has 104 valence electrons. The van der Waals surface area contributed by atoms with Crippen LogP contribution in [0.4, 0.5) is 4.39 Å². The summed E-state index contributed by atoms with van der Waals surface area (Å²) in [6, 6.07) is 9.61. The van der Waals surface area contributed by atoms with Crippen LogP contribution in [0.1, 0.15) is 11.1 Å². The van der Waals surface area contributed by atoms with Crippen LogP contribution in [0.5, 0.6) is 5.75 Å². The first-order valence-corrected chi connectivity index (χ1v) is 6.81. The van der Waals surface area contributed by atoms with Gasteiger partial charge in [-0.2, -0.15) is 0 Å². The molecule has 0 spiro atoms. The number of hydrogen-bond acceptors (Lipinski definition) is 3. The second-order valence-electron chi connectivity index (χ2n) is 3.92. The average molecular weight is 359 g/mol. The number of oxime groups is 1. The molecule has 0 fully saturated rings. The van der Waals surface area contributed by atoms with E-state index in [0.29, 0.717) is 26.4 Å². The van der Waals surface area contributed by atoms with E-state index < -0.39 is 5.82 Å². The Balaban J connectivity index is 2.15. The molecular formula is C14H10BrClFNO2. The molecule has 0 unspecified atom stereocenters. The molecule has 0 radical (unpaired) electrons. The fourth-order valence-electron chi connectivity index (χ4n) is 1.60. The smallest absolute Gasteiger partial charge is 0.134 e. The lowest BCUT2D eigenvalue weighted by molar-refractivity contribution is 0.298. The Labute approximate surface area is 128 Å². The van der Waals surface area contributed by atoms with E-state index in [1.807, 2.05) is 0 Å². The predicted octanol–water partition coefficient (Wildman–Crippen LogP) is 4.63. The topological polar surface area (TPSA) is 41.8 Å². The second kappa shape index (κ2) is 6.72. The number of benzene rings is 2. The SMILES string of the molecule is ON=Cc1ccc(OCc2c(F)cccc2Cl)c(Br)c1. The van der Waals surface area contributed by atoms with Crippen molar-refractivity contribution in [3.05, 3.63) is 62.8 Å². The van der Waals surface area contributed by atoms with Crippen molar-refractivity contribution in [1.29, 1.82) is 0 Å². The van der Waals surface area contributed by atoms with Gasteiger partial charge in [-0.3, -0.25) is 0 Å². The highest BCUT2D eigenvalue weighted by molar-refractivity contribution is 9.10. The highest BCUT2D eigenvalue weighted by atomic mass is 79.9. The second-order valence-corrected chi connectivity index (χ2v) is 5.18. The molecule has 0 bridgehead atoms. The Bertz CT molecular complexity index is 629. The summed E-state index contributed by atoms with van der Waals surface area (Å²) in [6.45, 7) is 0.0253. The normalized spacial score (nSPS) is 10.9. The van der Waals surface area contributed by atoms with Gasteiger partial charge in [0, 0.05) is 5.56 Å². The van der Waals surface area contributed by atoms with Gasteiger partial charge in [0.05, 0.1) is 15.7 Å². The minimum absolute atomic E-state index is 0.0253. The first-order valence-electron chi connectivity index (χ1n) is 5.64. The zero-order valence-electron chi connectivity index (χ0n) is 10.2. The van der Waals surface area contributed by atoms with Crippen molar-refractivity contribution in [2.75, 3.05) is 0 Å². The summed E-state index contributed by atoms with van der Waals surface area (Å²) in [5.41, 5.74) is 1.01. The van der Waals surface area contributed by atoms with Crippen LogP contribution in [0, 0.1) is 5.82 Å². The zero-order chi connectivity index (χ0) is 14.5. The van der Waals surface area contributed by atoms with Crippen LogP contribution in [0.25, 0.3) is 0 Å². The molecule has 2 aromatic rings. The lowest BCUT2D eigenvalue weighted by Crippen LogP contribution is -2.00. The van der Waals surface area contributed by atoms with Crippen LogP contribution in [0.15, 0.2) is 46.0 Å². The Morgan fingerprint density at radius 2 is 2.15 bits per heavy atom. The van der Waals surface area contributed by atoms with Crippen molar-refractivity contribution in [3.8, 4) is 5.75 Å². The van der Waals surface area contributed by atoms with Gasteiger partial charge in [0.2, 0.25) is 0 Å². The summed E-state index contributed by atoms with van der Waals surface area (Å²) in [5.74, 6) is 0.136. The number of hydrogen-bond donors (Lipinski definition) is 1. The summed E-state index contributed by atoms with van der Waals surface area (Å²) in [7, 11) is 0. The maximum Gasteiger partial charge on any atom is 0.134 e. The molecule has 0 amide bonds. The zero-order valence-corrected chi connectivity index (χ0v) is 12.5. The van der Waals surface area contributed by atoms with Gasteiger partial charge in [-0.25, -0.2) is 4.39 Å². The van der Waals surface area contributed by atoms with E-state index in [2.05, 4.69) is 21.1 Å². The summed E-state index contributed by atoms with van der Waals surface area (Å²) in [6.07, 6.45) is 1.29. The molecule has 3 nitrogen and oxygen atoms in total. The molecule has 0 saturated heterocycles. The van der Waals surface area contributed by atoms with E-state index >= 15 is 0 Å². The highest BCUT2D eigenvalue weighted by Gasteiger charge is 2.09. The van der Waals surface area contributed by atoms with E-state index in [1.165, 1.54) is 12.3 Å². The van der Waals surface area contributed by atoms with E-state index in [1.54, 1.807) is 30.3 Å². The van der Waals surface area contributed by atoms with Crippen molar-refractivity contribution in [2.24, 2.45) is 5.16 Å². The number of ether oxygens (including phenoxy) is 1. The Morgan fingerprint density at radius 1 is 1.35 bits per heavy atom. The van der Waals surface area contributed by atoms with E-state index in [4.69, 9.17) is 21.5 Å². The third kappa shape index (κ3) is 3.49. The molecule has 0 aromatic heterocycles. The summed E-state index contributed by atoms with van der Waals surface area (Å²) in [5, 5.41) is 11.7. The lowest BCUT2D eigenvalue weighted by atomic mass is 10.2. The van der Waals surface area contributed by atoms with Crippen molar-refractivity contribution < 1.29 is 14.3 Å². The van der Waals surface area contributed by atoms with Crippen molar-refractivity contribution in [1.82, 2.24) is 0 Å². The van der Waals surface area contributed by atoms with Gasteiger partial charge >= 0.3 is 0 Å². The van der Waals surface area contributed by atoms with Gasteiger partial charge in [0.15, 0.2) is 0 Å². The van der Waals surface area contributed by atoms with Gasteiger partial charge in [-0.05, 0) is 51.8 Å². The number of rotatable bonds is 4. The molecule has 1 N–H and O–H groups in total. The van der Waals surface area contributed by atoms with Crippen LogP contribution in [0.3, 0.4) is 0 Å². The Hall–Kier alpha value is -1.59. The van der Waals surface area contributed by atoms with Crippen LogP contribution in [-0.2, 0) is 6.61 Å². The predicted molar refractivity (Wildman–Crippen MR) is 79.3 cm³/mol. The maximum atomic E-state index is 13.6. The first-order chi connectivity index (χ1) is 9.61. The minimum atomic E-state index is -0.405. The average Bonchev–Trinajstić information content (AvgIpc) is 2.40. The summed E-state index contributed by atoms with van der Waals surface area (Å²) in [4.78, 5) is 0. The third-order valence-electron chi connectivity index (χ3n) is 2.60. The standard InChI is InChI=1S/C14H10BrClFNO2/c15-11-6-9(7-18-19)4-5-14(11)20-8-10-12(16)2-1-3-13(10)17/h1-7,19H,8H2. The Morgan fingerprint density at radius 3 is 2.80 bits per heavy atom. The fraction of sp³-hybridized carbons (Fsp3) is 0.0714. The highest BCUT2D eigenvalue weighted by Crippen LogP contribution is 2.28. The molecule has 20 heavy (non-hydrogen) atoms. The van der Waals surface area contributed by atoms with Gasteiger partial charge < -0.3 is 9.94 Å². The Kier molecular flexibility index (Phi) is 4.98. The van der Waals surface area contributed by atoms with E-state index in [-0.39, 0.29) is 6.61 Å². The van der Waals surface area contributed by atoms with Crippen LogP contribution in [0.2, 0.25) is 5.02 Å². The number of nitrogens with zero attached hydrogens (tertiary/aromatic N) is 1. The largest absolute Gasteiger partial charge is 0.488 e. The maximum absolute atomic E-state index is 13.6. The summed E-state index contributed by atoms with van der Waals surface area (Å²) < 4.78 is 19.8. The van der Waals surface area contributed by atoms with E-state index in [0.717, 1.165) is 0 Å². The van der Waals surface area contributed by atoms with Crippen molar-refractivity contribution in [3.63, 3.8) is 0 Å². The molecule has 6 heteroatoms. The quantitative estimate of drug-likeness (QED) is 0.492. The van der Waals surface area contributed by atoms with E-state index in [9.17, 15) is 4.39 Å². The molecule has 0 aliphatic heterocycles. The number of halogens is 3. The molecule has 2 rings (SSSR count). The van der Waals surface area contributed by atoms with Crippen molar-refractivity contribution in [2.45, 2.75) is 6.61 Å². The van der Waals surface area contributed by atoms with Crippen LogP contribution in [-0.4, -0.2) is 11.4 Å². The molecule has 0 atom stereocenters.